The highest BCUT2D eigenvalue weighted by molar-refractivity contribution is 6.05. The van der Waals surface area contributed by atoms with Crippen LogP contribution in [0.15, 0.2) is 72.5 Å². The fourth-order valence-electron chi connectivity index (χ4n) is 5.16. The van der Waals surface area contributed by atoms with E-state index >= 15 is 0 Å². The van der Waals surface area contributed by atoms with Gasteiger partial charge >= 0.3 is 0 Å². The van der Waals surface area contributed by atoms with Crippen LogP contribution in [0.2, 0.25) is 0 Å². The Hall–Kier alpha value is -4.73. The van der Waals surface area contributed by atoms with Gasteiger partial charge in [0.1, 0.15) is 11.3 Å². The standard InChI is InChI=1S/C28H28N8O2/c1-3-24(37)35-14-13-34(22-10-8-9-19(2)25(22)35)23-15-20-16-29-28-31-21-17-30-33(18-21)11-6-4-5-7-12-36(27(23)38)26(20)32-28/h3-5,8-10,15-18H,1,6-7,11-14H2,2H3,(H,29,31,32)/b5-4-. The van der Waals surface area contributed by atoms with E-state index in [1.807, 2.05) is 47.0 Å². The van der Waals surface area contributed by atoms with Crippen molar-refractivity contribution in [3.63, 3.8) is 0 Å². The minimum absolute atomic E-state index is 0.133. The normalized spacial score (nSPS) is 16.0. The highest BCUT2D eigenvalue weighted by Gasteiger charge is 2.30. The molecular formula is C28H28N8O2. The Bertz CT molecular complexity index is 1650. The first kappa shape index (κ1) is 23.7. The molecule has 4 bridgehead atoms. The van der Waals surface area contributed by atoms with Gasteiger partial charge in [-0.15, -0.1) is 0 Å². The highest BCUT2D eigenvalue weighted by Crippen LogP contribution is 2.39. The summed E-state index contributed by atoms with van der Waals surface area (Å²) < 4.78 is 3.61. The summed E-state index contributed by atoms with van der Waals surface area (Å²) in [6, 6.07) is 7.72. The van der Waals surface area contributed by atoms with Crippen molar-refractivity contribution in [3.8, 4) is 0 Å². The fourth-order valence-corrected chi connectivity index (χ4v) is 5.16. The van der Waals surface area contributed by atoms with E-state index in [-0.39, 0.29) is 11.5 Å². The number of amides is 1. The Kier molecular flexibility index (Phi) is 5.99. The van der Waals surface area contributed by atoms with Gasteiger partial charge in [-0.2, -0.15) is 10.1 Å². The molecule has 6 rings (SSSR count). The van der Waals surface area contributed by atoms with Crippen molar-refractivity contribution in [2.45, 2.75) is 32.9 Å². The van der Waals surface area contributed by atoms with Gasteiger partial charge in [0.25, 0.3) is 11.5 Å². The van der Waals surface area contributed by atoms with Gasteiger partial charge in [0.05, 0.1) is 23.3 Å². The molecule has 1 amide bonds. The number of aryl methyl sites for hydroxylation is 3. The van der Waals surface area contributed by atoms with E-state index in [0.717, 1.165) is 41.0 Å². The number of rotatable bonds is 2. The number of allylic oxidation sites excluding steroid dienone is 2. The Morgan fingerprint density at radius 2 is 1.92 bits per heavy atom. The molecule has 0 saturated carbocycles. The number of anilines is 5. The Morgan fingerprint density at radius 3 is 2.76 bits per heavy atom. The monoisotopic (exact) mass is 508 g/mol. The molecule has 2 aliphatic rings. The van der Waals surface area contributed by atoms with Crippen molar-refractivity contribution in [2.24, 2.45) is 0 Å². The molecule has 0 saturated heterocycles. The molecule has 10 heteroatoms. The molecule has 0 unspecified atom stereocenters. The summed E-state index contributed by atoms with van der Waals surface area (Å²) in [5.74, 6) is 0.248. The Balaban J connectivity index is 1.49. The third-order valence-electron chi connectivity index (χ3n) is 6.96. The van der Waals surface area contributed by atoms with Gasteiger partial charge in [0.15, 0.2) is 0 Å². The number of hydrogen-bond acceptors (Lipinski definition) is 7. The van der Waals surface area contributed by atoms with Crippen molar-refractivity contribution in [1.29, 1.82) is 0 Å². The van der Waals surface area contributed by atoms with Gasteiger partial charge in [0, 0.05) is 44.0 Å². The van der Waals surface area contributed by atoms with Crippen LogP contribution >= 0.6 is 0 Å². The van der Waals surface area contributed by atoms with Crippen LogP contribution in [0.5, 0.6) is 0 Å². The van der Waals surface area contributed by atoms with Crippen molar-refractivity contribution in [3.05, 3.63) is 83.6 Å². The average molecular weight is 509 g/mol. The molecule has 2 aliphatic heterocycles. The second-order valence-electron chi connectivity index (χ2n) is 9.41. The predicted octanol–water partition coefficient (Wildman–Crippen LogP) is 4.06. The van der Waals surface area contributed by atoms with Crippen molar-refractivity contribution >= 4 is 45.6 Å². The predicted molar refractivity (Wildman–Crippen MR) is 148 cm³/mol. The third kappa shape index (κ3) is 4.13. The van der Waals surface area contributed by atoms with E-state index in [2.05, 4.69) is 34.1 Å². The lowest BCUT2D eigenvalue weighted by Crippen LogP contribution is -2.44. The number of carbonyl (C=O) groups excluding carboxylic acids is 1. The number of nitrogens with zero attached hydrogens (tertiary/aromatic N) is 7. The van der Waals surface area contributed by atoms with E-state index in [1.165, 1.54) is 6.08 Å². The van der Waals surface area contributed by atoms with Crippen LogP contribution in [-0.2, 0) is 17.9 Å². The molecule has 0 atom stereocenters. The summed E-state index contributed by atoms with van der Waals surface area (Å²) in [6.07, 6.45) is 12.5. The minimum atomic E-state index is -0.157. The van der Waals surface area contributed by atoms with Crippen LogP contribution < -0.4 is 20.7 Å². The molecule has 1 N–H and O–H groups in total. The van der Waals surface area contributed by atoms with Crippen LogP contribution in [0.4, 0.5) is 28.7 Å². The summed E-state index contributed by atoms with van der Waals surface area (Å²) >= 11 is 0. The topological polar surface area (TPSA) is 101 Å². The molecule has 0 radical (unpaired) electrons. The van der Waals surface area contributed by atoms with E-state index in [9.17, 15) is 9.59 Å². The lowest BCUT2D eigenvalue weighted by atomic mass is 10.1. The zero-order chi connectivity index (χ0) is 26.2. The summed E-state index contributed by atoms with van der Waals surface area (Å²) in [5.41, 5.74) is 4.32. The largest absolute Gasteiger partial charge is 0.333 e. The first-order valence-corrected chi connectivity index (χ1v) is 12.7. The molecule has 0 fully saturated rings. The van der Waals surface area contributed by atoms with Crippen LogP contribution in [0.3, 0.4) is 0 Å². The summed E-state index contributed by atoms with van der Waals surface area (Å²) in [5, 5.41) is 8.35. The Labute approximate surface area is 219 Å². The molecule has 3 aromatic heterocycles. The number of aromatic nitrogens is 5. The molecule has 4 aromatic rings. The van der Waals surface area contributed by atoms with Crippen LogP contribution in [0.25, 0.3) is 11.0 Å². The minimum Gasteiger partial charge on any atom is -0.333 e. The quantitative estimate of drug-likeness (QED) is 0.322. The maximum atomic E-state index is 14.1. The fraction of sp³-hybridized carbons (Fsp3) is 0.250. The summed E-state index contributed by atoms with van der Waals surface area (Å²) in [4.78, 5) is 39.7. The number of nitrogens with one attached hydrogen (secondary N) is 1. The molecule has 0 spiro atoms. The van der Waals surface area contributed by atoms with Crippen LogP contribution in [-0.4, -0.2) is 43.3 Å². The number of fused-ring (bicyclic) bond motifs is 4. The second kappa shape index (κ2) is 9.62. The zero-order valence-electron chi connectivity index (χ0n) is 21.2. The van der Waals surface area contributed by atoms with Gasteiger partial charge in [-0.1, -0.05) is 30.9 Å². The third-order valence-corrected chi connectivity index (χ3v) is 6.96. The Morgan fingerprint density at radius 1 is 1.08 bits per heavy atom. The van der Waals surface area contributed by atoms with Crippen molar-refractivity contribution in [2.75, 3.05) is 28.2 Å². The van der Waals surface area contributed by atoms with Gasteiger partial charge in [-0.3, -0.25) is 18.8 Å². The summed E-state index contributed by atoms with van der Waals surface area (Å²) in [6.45, 7) is 7.79. The summed E-state index contributed by atoms with van der Waals surface area (Å²) in [7, 11) is 0. The van der Waals surface area contributed by atoms with Crippen molar-refractivity contribution < 1.29 is 4.79 Å². The van der Waals surface area contributed by atoms with E-state index in [0.29, 0.717) is 43.3 Å². The molecule has 38 heavy (non-hydrogen) atoms. The molecule has 0 aliphatic carbocycles. The van der Waals surface area contributed by atoms with E-state index < -0.39 is 0 Å². The number of pyridine rings is 1. The van der Waals surface area contributed by atoms with Crippen LogP contribution in [0.1, 0.15) is 18.4 Å². The number of benzene rings is 1. The molecular weight excluding hydrogens is 480 g/mol. The second-order valence-corrected chi connectivity index (χ2v) is 9.41. The first-order valence-electron chi connectivity index (χ1n) is 12.7. The highest BCUT2D eigenvalue weighted by atomic mass is 16.2. The molecule has 192 valence electrons. The first-order chi connectivity index (χ1) is 18.5. The van der Waals surface area contributed by atoms with Gasteiger partial charge < -0.3 is 15.1 Å². The lowest BCUT2D eigenvalue weighted by Gasteiger charge is -2.38. The SMILES string of the molecule is C=CC(=O)N1CCN(c2cc3cnc4nc3n(c2=O)CC/C=C\CCn2cc(cn2)N4)c2cccc(C)c21. The van der Waals surface area contributed by atoms with Gasteiger partial charge in [-0.05, 0) is 43.5 Å². The molecule has 1 aromatic carbocycles. The maximum absolute atomic E-state index is 14.1. The lowest BCUT2D eigenvalue weighted by molar-refractivity contribution is -0.114. The molecule has 5 heterocycles. The smallest absolute Gasteiger partial charge is 0.276 e. The average Bonchev–Trinajstić information content (AvgIpc) is 3.37. The number of para-hydroxylation sites is 1. The van der Waals surface area contributed by atoms with E-state index in [4.69, 9.17) is 4.98 Å². The number of hydrogen-bond donors (Lipinski definition) is 1. The van der Waals surface area contributed by atoms with Gasteiger partial charge in [0.2, 0.25) is 5.95 Å². The number of carbonyl (C=O) groups is 1. The zero-order valence-corrected chi connectivity index (χ0v) is 21.2. The van der Waals surface area contributed by atoms with Crippen LogP contribution in [0, 0.1) is 6.92 Å². The maximum Gasteiger partial charge on any atom is 0.276 e. The van der Waals surface area contributed by atoms with Gasteiger partial charge in [-0.25, -0.2) is 4.98 Å². The van der Waals surface area contributed by atoms with E-state index in [1.54, 1.807) is 21.9 Å². The van der Waals surface area contributed by atoms with Crippen molar-refractivity contribution in [1.82, 2.24) is 24.3 Å². The molecule has 10 nitrogen and oxygen atoms in total.